The zero-order valence-electron chi connectivity index (χ0n) is 20.4. The topological polar surface area (TPSA) is 80.4 Å². The third kappa shape index (κ3) is 4.19. The fourth-order valence-electron chi connectivity index (χ4n) is 4.51. The smallest absolute Gasteiger partial charge is 0.277 e. The summed E-state index contributed by atoms with van der Waals surface area (Å²) in [6.07, 6.45) is 1.55. The van der Waals surface area contributed by atoms with Gasteiger partial charge in [0.25, 0.3) is 5.91 Å². The van der Waals surface area contributed by atoms with E-state index >= 15 is 0 Å². The van der Waals surface area contributed by atoms with Gasteiger partial charge in [0.2, 0.25) is 5.91 Å². The number of fused-ring (bicyclic) bond motifs is 1. The van der Waals surface area contributed by atoms with Crippen molar-refractivity contribution in [3.05, 3.63) is 95.6 Å². The molecule has 0 fully saturated rings. The van der Waals surface area contributed by atoms with Gasteiger partial charge in [0.05, 0.1) is 12.8 Å². The fourth-order valence-corrected chi connectivity index (χ4v) is 4.51. The maximum absolute atomic E-state index is 13.9. The van der Waals surface area contributed by atoms with Crippen LogP contribution in [0.1, 0.15) is 48.3 Å². The minimum absolute atomic E-state index is 0.149. The monoisotopic (exact) mass is 486 g/mol. The van der Waals surface area contributed by atoms with Gasteiger partial charge in [-0.3, -0.25) is 19.2 Å². The highest BCUT2D eigenvalue weighted by Crippen LogP contribution is 2.35. The molecular formula is C28H27FN4O3. The number of anilines is 1. The van der Waals surface area contributed by atoms with Gasteiger partial charge >= 0.3 is 0 Å². The first-order chi connectivity index (χ1) is 17.3. The molecule has 1 N–H and O–H groups in total. The standard InChI is InChI=1S/C28H27FN4O3/c1-18(2)20-8-12-22(13-9-20)33-26(34)24-15-23(25-5-4-14-36-25)31-32(24)17-28(33,3)27(35)30-16-19-6-10-21(29)11-7-19/h4-15,18H,16-17H2,1-3H3,(H,30,35)/t28-/m0/s1. The Hall–Kier alpha value is -4.20. The summed E-state index contributed by atoms with van der Waals surface area (Å²) >= 11 is 0. The average Bonchev–Trinajstić information content (AvgIpc) is 3.54. The van der Waals surface area contributed by atoms with Crippen LogP contribution >= 0.6 is 0 Å². The summed E-state index contributed by atoms with van der Waals surface area (Å²) in [5.41, 5.74) is 2.14. The molecule has 2 amide bonds. The van der Waals surface area contributed by atoms with Gasteiger partial charge in [0, 0.05) is 18.3 Å². The minimum Gasteiger partial charge on any atom is -0.463 e. The van der Waals surface area contributed by atoms with Crippen LogP contribution in [0.5, 0.6) is 0 Å². The summed E-state index contributed by atoms with van der Waals surface area (Å²) < 4.78 is 20.3. The predicted molar refractivity (Wildman–Crippen MR) is 134 cm³/mol. The number of nitrogens with zero attached hydrogens (tertiary/aromatic N) is 3. The van der Waals surface area contributed by atoms with Crippen LogP contribution < -0.4 is 10.2 Å². The van der Waals surface area contributed by atoms with E-state index in [-0.39, 0.29) is 30.7 Å². The van der Waals surface area contributed by atoms with Crippen molar-refractivity contribution in [2.45, 2.75) is 45.3 Å². The third-order valence-electron chi connectivity index (χ3n) is 6.60. The number of hydrogen-bond acceptors (Lipinski definition) is 4. The number of benzene rings is 2. The lowest BCUT2D eigenvalue weighted by Gasteiger charge is -2.43. The molecule has 7 nitrogen and oxygen atoms in total. The Balaban J connectivity index is 1.52. The van der Waals surface area contributed by atoms with Crippen LogP contribution in [-0.2, 0) is 17.9 Å². The molecular weight excluding hydrogens is 459 g/mol. The van der Waals surface area contributed by atoms with E-state index in [0.717, 1.165) is 11.1 Å². The van der Waals surface area contributed by atoms with Gasteiger partial charge in [-0.2, -0.15) is 5.10 Å². The van der Waals surface area contributed by atoms with Crippen molar-refractivity contribution < 1.29 is 18.4 Å². The SMILES string of the molecule is CC(C)c1ccc(N2C(=O)c3cc(-c4ccco4)nn3C[C@@]2(C)C(=O)NCc2ccc(F)cc2)cc1. The Labute approximate surface area is 208 Å². The van der Waals surface area contributed by atoms with Gasteiger partial charge in [0.15, 0.2) is 5.76 Å². The summed E-state index contributed by atoms with van der Waals surface area (Å²) in [6, 6.07) is 18.9. The summed E-state index contributed by atoms with van der Waals surface area (Å²) in [5, 5.41) is 7.50. The second kappa shape index (κ2) is 9.11. The molecule has 3 heterocycles. The van der Waals surface area contributed by atoms with Crippen molar-refractivity contribution in [2.24, 2.45) is 0 Å². The number of nitrogens with one attached hydrogen (secondary N) is 1. The van der Waals surface area contributed by atoms with Gasteiger partial charge in [-0.05, 0) is 60.4 Å². The highest BCUT2D eigenvalue weighted by Gasteiger charge is 2.49. The number of hydrogen-bond donors (Lipinski definition) is 1. The Morgan fingerprint density at radius 2 is 1.86 bits per heavy atom. The normalized spacial score (nSPS) is 17.4. The molecule has 2 aromatic heterocycles. The summed E-state index contributed by atoms with van der Waals surface area (Å²) in [7, 11) is 0. The van der Waals surface area contributed by atoms with Crippen molar-refractivity contribution in [3.63, 3.8) is 0 Å². The second-order valence-corrected chi connectivity index (χ2v) is 9.52. The third-order valence-corrected chi connectivity index (χ3v) is 6.60. The molecule has 0 unspecified atom stereocenters. The molecule has 0 bridgehead atoms. The van der Waals surface area contributed by atoms with E-state index in [0.29, 0.717) is 28.8 Å². The van der Waals surface area contributed by atoms with E-state index in [1.54, 1.807) is 53.1 Å². The van der Waals surface area contributed by atoms with Gasteiger partial charge in [-0.25, -0.2) is 4.39 Å². The van der Waals surface area contributed by atoms with Gasteiger partial charge in [-0.15, -0.1) is 0 Å². The molecule has 8 heteroatoms. The van der Waals surface area contributed by atoms with Crippen molar-refractivity contribution >= 4 is 17.5 Å². The number of furan rings is 1. The Kier molecular flexibility index (Phi) is 5.96. The molecule has 0 spiro atoms. The number of carbonyl (C=O) groups is 2. The van der Waals surface area contributed by atoms with Crippen LogP contribution in [-0.4, -0.2) is 27.1 Å². The number of amides is 2. The van der Waals surface area contributed by atoms with E-state index < -0.39 is 5.54 Å². The number of halogens is 1. The Morgan fingerprint density at radius 1 is 1.14 bits per heavy atom. The van der Waals surface area contributed by atoms with Crippen molar-refractivity contribution in [1.29, 1.82) is 0 Å². The second-order valence-electron chi connectivity index (χ2n) is 9.52. The number of carbonyl (C=O) groups excluding carboxylic acids is 2. The molecule has 0 radical (unpaired) electrons. The first kappa shape index (κ1) is 23.5. The zero-order valence-corrected chi connectivity index (χ0v) is 20.4. The molecule has 0 saturated heterocycles. The summed E-state index contributed by atoms with van der Waals surface area (Å²) in [5.74, 6) is -0.139. The lowest BCUT2D eigenvalue weighted by molar-refractivity contribution is -0.126. The van der Waals surface area contributed by atoms with E-state index in [2.05, 4.69) is 24.3 Å². The van der Waals surface area contributed by atoms with Crippen LogP contribution in [0.4, 0.5) is 10.1 Å². The molecule has 4 aromatic rings. The maximum Gasteiger partial charge on any atom is 0.277 e. The highest BCUT2D eigenvalue weighted by molar-refractivity contribution is 6.12. The minimum atomic E-state index is -1.27. The zero-order chi connectivity index (χ0) is 25.4. The fraction of sp³-hybridized carbons (Fsp3) is 0.250. The van der Waals surface area contributed by atoms with E-state index in [1.165, 1.54) is 12.1 Å². The summed E-state index contributed by atoms with van der Waals surface area (Å²) in [4.78, 5) is 29.1. The van der Waals surface area contributed by atoms with E-state index in [9.17, 15) is 14.0 Å². The molecule has 5 rings (SSSR count). The quantitative estimate of drug-likeness (QED) is 0.409. The van der Waals surface area contributed by atoms with Crippen molar-refractivity contribution in [1.82, 2.24) is 15.1 Å². The van der Waals surface area contributed by atoms with E-state index in [4.69, 9.17) is 4.42 Å². The molecule has 0 aliphatic carbocycles. The van der Waals surface area contributed by atoms with Crippen LogP contribution in [0.3, 0.4) is 0 Å². The lowest BCUT2D eigenvalue weighted by atomic mass is 9.93. The Bertz CT molecular complexity index is 1390. The van der Waals surface area contributed by atoms with Gasteiger partial charge < -0.3 is 9.73 Å². The van der Waals surface area contributed by atoms with Crippen molar-refractivity contribution in [2.75, 3.05) is 4.90 Å². The predicted octanol–water partition coefficient (Wildman–Crippen LogP) is 5.14. The number of aromatic nitrogens is 2. The van der Waals surface area contributed by atoms with Crippen molar-refractivity contribution in [3.8, 4) is 11.5 Å². The van der Waals surface area contributed by atoms with Gasteiger partial charge in [-0.1, -0.05) is 38.1 Å². The first-order valence-corrected chi connectivity index (χ1v) is 11.9. The first-order valence-electron chi connectivity index (χ1n) is 11.9. The van der Waals surface area contributed by atoms with Gasteiger partial charge in [0.1, 0.15) is 22.7 Å². The number of rotatable bonds is 6. The Morgan fingerprint density at radius 3 is 2.50 bits per heavy atom. The van der Waals surface area contributed by atoms with Crippen LogP contribution in [0.25, 0.3) is 11.5 Å². The van der Waals surface area contributed by atoms with Crippen LogP contribution in [0.2, 0.25) is 0 Å². The molecule has 2 aromatic carbocycles. The largest absolute Gasteiger partial charge is 0.463 e. The van der Waals surface area contributed by atoms with Crippen LogP contribution in [0.15, 0.2) is 77.4 Å². The maximum atomic E-state index is 13.9. The highest BCUT2D eigenvalue weighted by atomic mass is 19.1. The van der Waals surface area contributed by atoms with E-state index in [1.807, 2.05) is 24.3 Å². The molecule has 36 heavy (non-hydrogen) atoms. The average molecular weight is 487 g/mol. The molecule has 1 atom stereocenters. The lowest BCUT2D eigenvalue weighted by Crippen LogP contribution is -2.64. The molecule has 0 saturated carbocycles. The van der Waals surface area contributed by atoms with Crippen LogP contribution in [0, 0.1) is 5.82 Å². The molecule has 184 valence electrons. The molecule has 1 aliphatic heterocycles. The summed E-state index contributed by atoms with van der Waals surface area (Å²) in [6.45, 7) is 6.28. The molecule has 1 aliphatic rings.